The summed E-state index contributed by atoms with van der Waals surface area (Å²) in [4.78, 5) is 31.7. The largest absolute Gasteiger partial charge is 0.494 e. The SMILES string of the molecule is C=CC(=O)Nc1cc(Nc2cc(N3OCC[C@@H]3c3ccccc3)ncn2)c(OC)cc1N1CC[C@H](N(C)C)C1. The van der Waals surface area contributed by atoms with Gasteiger partial charge in [-0.2, -0.15) is 0 Å². The molecule has 39 heavy (non-hydrogen) atoms. The van der Waals surface area contributed by atoms with Gasteiger partial charge in [0.05, 0.1) is 36.8 Å². The molecule has 2 N–H and O–H groups in total. The van der Waals surface area contributed by atoms with Crippen LogP contribution in [0.15, 0.2) is 67.5 Å². The minimum atomic E-state index is -0.279. The lowest BCUT2D eigenvalue weighted by Crippen LogP contribution is -2.31. The number of methoxy groups -OCH3 is 1. The van der Waals surface area contributed by atoms with E-state index in [2.05, 4.69) is 63.2 Å². The summed E-state index contributed by atoms with van der Waals surface area (Å²) >= 11 is 0. The lowest BCUT2D eigenvalue weighted by atomic mass is 10.0. The van der Waals surface area contributed by atoms with Gasteiger partial charge in [-0.05, 0) is 38.2 Å². The Balaban J connectivity index is 1.44. The molecule has 0 bridgehead atoms. The number of likely N-dealkylation sites (N-methyl/N-ethyl adjacent to an activating group) is 1. The summed E-state index contributed by atoms with van der Waals surface area (Å²) < 4.78 is 5.77. The Morgan fingerprint density at radius 2 is 1.97 bits per heavy atom. The number of hydrogen-bond acceptors (Lipinski definition) is 9. The molecule has 10 nitrogen and oxygen atoms in total. The Kier molecular flexibility index (Phi) is 7.94. The Labute approximate surface area is 229 Å². The molecule has 10 heteroatoms. The molecule has 0 aliphatic carbocycles. The maximum absolute atomic E-state index is 12.3. The number of ether oxygens (including phenoxy) is 1. The minimum absolute atomic E-state index is 0.0648. The number of amides is 1. The topological polar surface area (TPSA) is 95.1 Å². The van der Waals surface area contributed by atoms with Crippen molar-refractivity contribution < 1.29 is 14.4 Å². The van der Waals surface area contributed by atoms with E-state index in [9.17, 15) is 4.79 Å². The van der Waals surface area contributed by atoms with Gasteiger partial charge in [0.15, 0.2) is 5.82 Å². The molecule has 2 aliphatic rings. The van der Waals surface area contributed by atoms with Crippen LogP contribution in [0.2, 0.25) is 0 Å². The van der Waals surface area contributed by atoms with Gasteiger partial charge in [-0.25, -0.2) is 15.0 Å². The lowest BCUT2D eigenvalue weighted by molar-refractivity contribution is -0.111. The van der Waals surface area contributed by atoms with Crippen molar-refractivity contribution in [3.05, 3.63) is 73.1 Å². The van der Waals surface area contributed by atoms with Crippen LogP contribution in [0.25, 0.3) is 0 Å². The molecule has 5 rings (SSSR count). The number of carbonyl (C=O) groups is 1. The molecule has 0 saturated carbocycles. The maximum Gasteiger partial charge on any atom is 0.247 e. The second kappa shape index (κ2) is 11.7. The Morgan fingerprint density at radius 1 is 1.15 bits per heavy atom. The highest BCUT2D eigenvalue weighted by molar-refractivity contribution is 6.02. The van der Waals surface area contributed by atoms with Crippen molar-refractivity contribution in [2.45, 2.75) is 24.9 Å². The van der Waals surface area contributed by atoms with Crippen molar-refractivity contribution >= 4 is 34.6 Å². The van der Waals surface area contributed by atoms with Crippen LogP contribution in [0, 0.1) is 0 Å². The number of aromatic nitrogens is 2. The van der Waals surface area contributed by atoms with Crippen LogP contribution in [0.4, 0.5) is 28.7 Å². The van der Waals surface area contributed by atoms with Gasteiger partial charge in [0, 0.05) is 37.7 Å². The van der Waals surface area contributed by atoms with E-state index in [0.29, 0.717) is 41.4 Å². The highest BCUT2D eigenvalue weighted by atomic mass is 16.7. The van der Waals surface area contributed by atoms with Crippen LogP contribution in [0.5, 0.6) is 5.75 Å². The molecule has 0 spiro atoms. The lowest BCUT2D eigenvalue weighted by Gasteiger charge is -2.26. The molecular formula is C29H35N7O3. The number of nitrogens with one attached hydrogen (secondary N) is 2. The summed E-state index contributed by atoms with van der Waals surface area (Å²) in [5, 5.41) is 8.17. The molecule has 1 aromatic heterocycles. The van der Waals surface area contributed by atoms with Gasteiger partial charge < -0.3 is 25.2 Å². The number of benzene rings is 2. The van der Waals surface area contributed by atoms with E-state index < -0.39 is 0 Å². The van der Waals surface area contributed by atoms with E-state index in [1.165, 1.54) is 18.0 Å². The first-order valence-corrected chi connectivity index (χ1v) is 13.1. The zero-order valence-corrected chi connectivity index (χ0v) is 22.6. The summed E-state index contributed by atoms with van der Waals surface area (Å²) in [6.45, 7) is 5.96. The molecule has 2 aromatic carbocycles. The van der Waals surface area contributed by atoms with Crippen LogP contribution in [-0.4, -0.2) is 67.7 Å². The number of hydroxylamine groups is 1. The third-order valence-electron chi connectivity index (χ3n) is 7.23. The Hall–Kier alpha value is -4.15. The first-order chi connectivity index (χ1) is 19.0. The fourth-order valence-corrected chi connectivity index (χ4v) is 5.11. The van der Waals surface area contributed by atoms with Crippen LogP contribution in [-0.2, 0) is 9.63 Å². The molecule has 2 fully saturated rings. The number of nitrogens with zero attached hydrogens (tertiary/aromatic N) is 5. The third kappa shape index (κ3) is 5.81. The van der Waals surface area contributed by atoms with Gasteiger partial charge in [-0.15, -0.1) is 0 Å². The van der Waals surface area contributed by atoms with Crippen molar-refractivity contribution in [2.75, 3.05) is 61.5 Å². The summed E-state index contributed by atoms with van der Waals surface area (Å²) in [7, 11) is 5.81. The first kappa shape index (κ1) is 26.5. The van der Waals surface area contributed by atoms with Crippen molar-refractivity contribution in [3.8, 4) is 5.75 Å². The smallest absolute Gasteiger partial charge is 0.247 e. The zero-order chi connectivity index (χ0) is 27.4. The number of rotatable bonds is 9. The summed E-state index contributed by atoms with van der Waals surface area (Å²) in [6, 6.07) is 16.4. The van der Waals surface area contributed by atoms with Gasteiger partial charge in [0.2, 0.25) is 5.91 Å². The van der Waals surface area contributed by atoms with Crippen molar-refractivity contribution in [1.82, 2.24) is 14.9 Å². The molecule has 0 radical (unpaired) electrons. The molecular weight excluding hydrogens is 494 g/mol. The summed E-state index contributed by atoms with van der Waals surface area (Å²) in [5.41, 5.74) is 3.40. The van der Waals surface area contributed by atoms with Crippen LogP contribution in [0.3, 0.4) is 0 Å². The van der Waals surface area contributed by atoms with Crippen molar-refractivity contribution in [1.29, 1.82) is 0 Å². The fraction of sp³-hybridized carbons (Fsp3) is 0.345. The summed E-state index contributed by atoms with van der Waals surface area (Å²) in [6.07, 6.45) is 4.68. The predicted molar refractivity (Wildman–Crippen MR) is 154 cm³/mol. The van der Waals surface area contributed by atoms with E-state index in [4.69, 9.17) is 9.57 Å². The molecule has 0 unspecified atom stereocenters. The number of hydrogen-bond donors (Lipinski definition) is 2. The van der Waals surface area contributed by atoms with E-state index >= 15 is 0 Å². The van der Waals surface area contributed by atoms with Gasteiger partial charge in [0.25, 0.3) is 0 Å². The Bertz CT molecular complexity index is 1320. The molecule has 1 amide bonds. The highest BCUT2D eigenvalue weighted by Gasteiger charge is 2.30. The van der Waals surface area contributed by atoms with Gasteiger partial charge >= 0.3 is 0 Å². The normalized spacial score (nSPS) is 18.9. The summed E-state index contributed by atoms with van der Waals surface area (Å²) in [5.74, 6) is 1.58. The number of carbonyl (C=O) groups excluding carboxylic acids is 1. The highest BCUT2D eigenvalue weighted by Crippen LogP contribution is 2.40. The van der Waals surface area contributed by atoms with E-state index in [0.717, 1.165) is 31.6 Å². The predicted octanol–water partition coefficient (Wildman–Crippen LogP) is 4.38. The average molecular weight is 530 g/mol. The van der Waals surface area contributed by atoms with Crippen LogP contribution >= 0.6 is 0 Å². The molecule has 3 aromatic rings. The van der Waals surface area contributed by atoms with Crippen LogP contribution in [0.1, 0.15) is 24.4 Å². The average Bonchev–Trinajstić information content (AvgIpc) is 3.65. The molecule has 2 saturated heterocycles. The van der Waals surface area contributed by atoms with Gasteiger partial charge in [-0.1, -0.05) is 36.9 Å². The minimum Gasteiger partial charge on any atom is -0.494 e. The first-order valence-electron chi connectivity index (χ1n) is 13.1. The van der Waals surface area contributed by atoms with E-state index in [-0.39, 0.29) is 11.9 Å². The van der Waals surface area contributed by atoms with Crippen molar-refractivity contribution in [2.24, 2.45) is 0 Å². The number of anilines is 5. The second-order valence-electron chi connectivity index (χ2n) is 9.88. The zero-order valence-electron chi connectivity index (χ0n) is 22.6. The molecule has 3 heterocycles. The second-order valence-corrected chi connectivity index (χ2v) is 9.88. The standard InChI is InChI=1S/C29H35N7O3/c1-5-29(37)33-22-15-23(26(38-4)16-25(22)35-13-11-21(18-35)34(2)3)32-27-17-28(31-19-30-27)36-24(12-14-39-36)20-9-7-6-8-10-20/h5-10,15-17,19,21,24H,1,11-14,18H2,2-4H3,(H,33,37)(H,30,31,32)/t21-,24+/m0/s1. The molecule has 2 aliphatic heterocycles. The quantitative estimate of drug-likeness (QED) is 0.392. The van der Waals surface area contributed by atoms with Crippen LogP contribution < -0.4 is 25.3 Å². The van der Waals surface area contributed by atoms with E-state index in [1.807, 2.05) is 41.5 Å². The fourth-order valence-electron chi connectivity index (χ4n) is 5.11. The maximum atomic E-state index is 12.3. The van der Waals surface area contributed by atoms with Crippen molar-refractivity contribution in [3.63, 3.8) is 0 Å². The van der Waals surface area contributed by atoms with Gasteiger partial charge in [0.1, 0.15) is 17.9 Å². The Morgan fingerprint density at radius 3 is 2.69 bits per heavy atom. The van der Waals surface area contributed by atoms with Gasteiger partial charge in [-0.3, -0.25) is 9.63 Å². The monoisotopic (exact) mass is 529 g/mol. The van der Waals surface area contributed by atoms with E-state index in [1.54, 1.807) is 7.11 Å². The molecule has 204 valence electrons. The third-order valence-corrected chi connectivity index (χ3v) is 7.23. The molecule has 2 atom stereocenters.